The second kappa shape index (κ2) is 5.80. The normalized spacial score (nSPS) is 10.9. The van der Waals surface area contributed by atoms with Crippen LogP contribution in [0.3, 0.4) is 0 Å². The monoisotopic (exact) mass is 229 g/mol. The number of hydrogen-bond donors (Lipinski definition) is 0. The van der Waals surface area contributed by atoms with Crippen LogP contribution in [0.4, 0.5) is 8.78 Å². The molecule has 16 heavy (non-hydrogen) atoms. The van der Waals surface area contributed by atoms with Gasteiger partial charge in [0, 0.05) is 11.6 Å². The number of benzene rings is 1. The average molecular weight is 229 g/mol. The molecule has 0 aliphatic heterocycles. The first-order chi connectivity index (χ1) is 7.54. The molecule has 1 aromatic rings. The van der Waals surface area contributed by atoms with E-state index in [4.69, 9.17) is 4.74 Å². The summed E-state index contributed by atoms with van der Waals surface area (Å²) >= 11 is 0. The van der Waals surface area contributed by atoms with Gasteiger partial charge in [0.15, 0.2) is 11.6 Å². The van der Waals surface area contributed by atoms with Gasteiger partial charge in [-0.3, -0.25) is 0 Å². The summed E-state index contributed by atoms with van der Waals surface area (Å²) in [4.78, 5) is 2.03. The lowest BCUT2D eigenvalue weighted by Gasteiger charge is -2.12. The number of ether oxygens (including phenoxy) is 1. The van der Waals surface area contributed by atoms with E-state index in [9.17, 15) is 8.78 Å². The van der Waals surface area contributed by atoms with Crippen LogP contribution < -0.4 is 4.74 Å². The number of halogens is 2. The van der Waals surface area contributed by atoms with E-state index in [1.165, 1.54) is 13.2 Å². The Hall–Kier alpha value is -1.16. The molecule has 0 heterocycles. The third kappa shape index (κ3) is 3.45. The van der Waals surface area contributed by atoms with Crippen LogP contribution >= 0.6 is 0 Å². The van der Waals surface area contributed by atoms with E-state index in [1.807, 2.05) is 19.0 Å². The first-order valence-corrected chi connectivity index (χ1v) is 5.21. The lowest BCUT2D eigenvalue weighted by molar-refractivity contribution is 0.372. The number of aryl methyl sites for hydroxylation is 1. The molecule has 0 fully saturated rings. The van der Waals surface area contributed by atoms with Crippen LogP contribution in [-0.2, 0) is 6.42 Å². The van der Waals surface area contributed by atoms with E-state index in [-0.39, 0.29) is 5.75 Å². The molecule has 0 spiro atoms. The van der Waals surface area contributed by atoms with Crippen LogP contribution in [0.5, 0.6) is 5.75 Å². The Bertz CT molecular complexity index is 353. The van der Waals surface area contributed by atoms with Crippen molar-refractivity contribution in [2.24, 2.45) is 0 Å². The predicted octanol–water partition coefficient (Wildman–Crippen LogP) is 2.47. The molecule has 0 N–H and O–H groups in total. The molecule has 90 valence electrons. The molecule has 4 heteroatoms. The highest BCUT2D eigenvalue weighted by atomic mass is 19.1. The average Bonchev–Trinajstić information content (AvgIpc) is 2.16. The minimum absolute atomic E-state index is 0.153. The summed E-state index contributed by atoms with van der Waals surface area (Å²) in [6.07, 6.45) is 1.45. The van der Waals surface area contributed by atoms with Crippen molar-refractivity contribution in [3.8, 4) is 5.75 Å². The molecule has 0 atom stereocenters. The molecule has 0 amide bonds. The molecule has 1 rings (SSSR count). The Morgan fingerprint density at radius 1 is 1.25 bits per heavy atom. The third-order valence-electron chi connectivity index (χ3n) is 2.34. The van der Waals surface area contributed by atoms with Gasteiger partial charge in [0.1, 0.15) is 5.82 Å². The first kappa shape index (κ1) is 12.9. The molecule has 0 aliphatic carbocycles. The number of methoxy groups -OCH3 is 1. The van der Waals surface area contributed by atoms with Crippen LogP contribution in [0.1, 0.15) is 12.0 Å². The second-order valence-corrected chi connectivity index (χ2v) is 3.99. The summed E-state index contributed by atoms with van der Waals surface area (Å²) in [5.74, 6) is -1.04. The van der Waals surface area contributed by atoms with Gasteiger partial charge in [0.05, 0.1) is 7.11 Å². The zero-order valence-corrected chi connectivity index (χ0v) is 9.89. The van der Waals surface area contributed by atoms with Crippen LogP contribution in [-0.4, -0.2) is 32.6 Å². The fourth-order valence-corrected chi connectivity index (χ4v) is 1.61. The highest BCUT2D eigenvalue weighted by Crippen LogP contribution is 2.25. The quantitative estimate of drug-likeness (QED) is 0.769. The molecule has 0 radical (unpaired) electrons. The fourth-order valence-electron chi connectivity index (χ4n) is 1.61. The van der Waals surface area contributed by atoms with Crippen LogP contribution in [0.2, 0.25) is 0 Å². The number of rotatable bonds is 5. The Balaban J connectivity index is 2.77. The van der Waals surface area contributed by atoms with Gasteiger partial charge in [-0.15, -0.1) is 0 Å². The summed E-state index contributed by atoms with van der Waals surface area (Å²) in [7, 11) is 5.32. The Morgan fingerprint density at radius 2 is 1.94 bits per heavy atom. The van der Waals surface area contributed by atoms with Gasteiger partial charge in [0.2, 0.25) is 0 Å². The Kier molecular flexibility index (Phi) is 4.68. The maximum absolute atomic E-state index is 13.3. The van der Waals surface area contributed by atoms with Crippen LogP contribution in [0.15, 0.2) is 12.1 Å². The van der Waals surface area contributed by atoms with Crippen LogP contribution in [0, 0.1) is 11.6 Å². The number of hydrogen-bond acceptors (Lipinski definition) is 2. The van der Waals surface area contributed by atoms with Crippen molar-refractivity contribution >= 4 is 0 Å². The minimum atomic E-state index is -0.637. The smallest absolute Gasteiger partial charge is 0.168 e. The maximum Gasteiger partial charge on any atom is 0.168 e. The zero-order chi connectivity index (χ0) is 12.1. The van der Waals surface area contributed by atoms with Crippen molar-refractivity contribution in [2.45, 2.75) is 12.8 Å². The van der Waals surface area contributed by atoms with E-state index < -0.39 is 11.6 Å². The van der Waals surface area contributed by atoms with Crippen molar-refractivity contribution in [3.05, 3.63) is 29.3 Å². The molecule has 0 saturated heterocycles. The van der Waals surface area contributed by atoms with Gasteiger partial charge in [-0.1, -0.05) is 0 Å². The summed E-state index contributed by atoms with van der Waals surface area (Å²) in [5, 5.41) is 0. The van der Waals surface area contributed by atoms with Gasteiger partial charge in [-0.05, 0) is 39.5 Å². The third-order valence-corrected chi connectivity index (χ3v) is 2.34. The topological polar surface area (TPSA) is 12.5 Å². The lowest BCUT2D eigenvalue weighted by Crippen LogP contribution is -2.13. The van der Waals surface area contributed by atoms with Crippen molar-refractivity contribution in [3.63, 3.8) is 0 Å². The number of nitrogens with zero attached hydrogens (tertiary/aromatic N) is 1. The van der Waals surface area contributed by atoms with Crippen molar-refractivity contribution < 1.29 is 13.5 Å². The SMILES string of the molecule is COc1c(F)cc(F)cc1CCCN(C)C. The minimum Gasteiger partial charge on any atom is -0.493 e. The van der Waals surface area contributed by atoms with Crippen molar-refractivity contribution in [1.82, 2.24) is 4.90 Å². The molecule has 1 aromatic carbocycles. The summed E-state index contributed by atoms with van der Waals surface area (Å²) < 4.78 is 31.3. The highest BCUT2D eigenvalue weighted by Gasteiger charge is 2.11. The van der Waals surface area contributed by atoms with Gasteiger partial charge in [-0.2, -0.15) is 0 Å². The van der Waals surface area contributed by atoms with Crippen molar-refractivity contribution in [2.75, 3.05) is 27.7 Å². The van der Waals surface area contributed by atoms with Gasteiger partial charge in [-0.25, -0.2) is 8.78 Å². The molecule has 0 unspecified atom stereocenters. The molecule has 0 aliphatic rings. The van der Waals surface area contributed by atoms with E-state index in [1.54, 1.807) is 0 Å². The first-order valence-electron chi connectivity index (χ1n) is 5.21. The van der Waals surface area contributed by atoms with Crippen molar-refractivity contribution in [1.29, 1.82) is 0 Å². The largest absolute Gasteiger partial charge is 0.493 e. The molecular formula is C12H17F2NO. The molecule has 2 nitrogen and oxygen atoms in total. The van der Waals surface area contributed by atoms with E-state index in [0.29, 0.717) is 12.0 Å². The second-order valence-electron chi connectivity index (χ2n) is 3.99. The fraction of sp³-hybridized carbons (Fsp3) is 0.500. The van der Waals surface area contributed by atoms with E-state index >= 15 is 0 Å². The Labute approximate surface area is 94.8 Å². The van der Waals surface area contributed by atoms with Gasteiger partial charge < -0.3 is 9.64 Å². The maximum atomic E-state index is 13.3. The summed E-state index contributed by atoms with van der Waals surface area (Å²) in [6, 6.07) is 2.17. The summed E-state index contributed by atoms with van der Waals surface area (Å²) in [6.45, 7) is 0.876. The highest BCUT2D eigenvalue weighted by molar-refractivity contribution is 5.35. The summed E-state index contributed by atoms with van der Waals surface area (Å²) in [5.41, 5.74) is 0.585. The lowest BCUT2D eigenvalue weighted by atomic mass is 10.1. The molecular weight excluding hydrogens is 212 g/mol. The zero-order valence-electron chi connectivity index (χ0n) is 9.89. The molecule has 0 saturated carbocycles. The molecule has 0 aromatic heterocycles. The predicted molar refractivity (Wildman–Crippen MR) is 59.8 cm³/mol. The van der Waals surface area contributed by atoms with E-state index in [2.05, 4.69) is 0 Å². The van der Waals surface area contributed by atoms with Gasteiger partial charge in [0.25, 0.3) is 0 Å². The van der Waals surface area contributed by atoms with Crippen LogP contribution in [0.25, 0.3) is 0 Å². The standard InChI is InChI=1S/C12H17F2NO/c1-15(2)6-4-5-9-7-10(13)8-11(14)12(9)16-3/h7-8H,4-6H2,1-3H3. The van der Waals surface area contributed by atoms with E-state index in [0.717, 1.165) is 19.0 Å². The Morgan fingerprint density at radius 3 is 2.50 bits per heavy atom. The molecule has 0 bridgehead atoms. The van der Waals surface area contributed by atoms with Gasteiger partial charge >= 0.3 is 0 Å².